The lowest BCUT2D eigenvalue weighted by Gasteiger charge is -2.31. The summed E-state index contributed by atoms with van der Waals surface area (Å²) in [6.07, 6.45) is 0.587. The normalized spacial score (nSPS) is 17.0. The van der Waals surface area contributed by atoms with Gasteiger partial charge in [-0.25, -0.2) is 4.98 Å². The van der Waals surface area contributed by atoms with Gasteiger partial charge in [-0.15, -0.1) is 11.3 Å². The molecule has 0 radical (unpaired) electrons. The topological polar surface area (TPSA) is 54.5 Å². The largest absolute Gasteiger partial charge is 0.376 e. The van der Waals surface area contributed by atoms with E-state index in [1.54, 1.807) is 11.3 Å². The first-order valence-corrected chi connectivity index (χ1v) is 11.2. The minimum absolute atomic E-state index is 0.00711. The van der Waals surface area contributed by atoms with Gasteiger partial charge in [-0.2, -0.15) is 0 Å². The lowest BCUT2D eigenvalue weighted by atomic mass is 10.1. The molecule has 5 nitrogen and oxygen atoms in total. The molecular weight excluding hydrogens is 394 g/mol. The average Bonchev–Trinajstić information content (AvgIpc) is 3.22. The molecule has 4 rings (SSSR count). The molecule has 156 valence electrons. The van der Waals surface area contributed by atoms with E-state index < -0.39 is 0 Å². The van der Waals surface area contributed by atoms with Crippen LogP contribution in [0.2, 0.25) is 0 Å². The maximum absolute atomic E-state index is 12.4. The van der Waals surface area contributed by atoms with E-state index in [9.17, 15) is 4.79 Å². The maximum atomic E-state index is 12.4. The zero-order valence-corrected chi connectivity index (χ0v) is 18.0. The monoisotopic (exact) mass is 421 g/mol. The van der Waals surface area contributed by atoms with Gasteiger partial charge in [0.1, 0.15) is 5.01 Å². The number of aromatic nitrogens is 1. The Balaban J connectivity index is 1.28. The van der Waals surface area contributed by atoms with E-state index in [-0.39, 0.29) is 12.0 Å². The number of hydrogen-bond acceptors (Lipinski definition) is 5. The first-order valence-electron chi connectivity index (χ1n) is 10.3. The number of ether oxygens (including phenoxy) is 1. The van der Waals surface area contributed by atoms with Crippen LogP contribution in [0.1, 0.15) is 23.7 Å². The van der Waals surface area contributed by atoms with Gasteiger partial charge in [-0.1, -0.05) is 54.6 Å². The maximum Gasteiger partial charge on any atom is 0.226 e. The number of rotatable bonds is 7. The molecule has 6 heteroatoms. The standard InChI is InChI=1S/C24H27N3O2S/c1-18-15-27(10-11-29-18)16-20-7-5-6-19(12-20)14-25-23(28)13-22-17-30-24(26-22)21-8-3-2-4-9-21/h2-9,12,17-18H,10-11,13-16H2,1H3,(H,25,28). The van der Waals surface area contributed by atoms with Crippen molar-refractivity contribution >= 4 is 17.2 Å². The lowest BCUT2D eigenvalue weighted by molar-refractivity contribution is -0.120. The van der Waals surface area contributed by atoms with Gasteiger partial charge in [0, 0.05) is 37.1 Å². The van der Waals surface area contributed by atoms with Crippen molar-refractivity contribution in [3.63, 3.8) is 0 Å². The number of carbonyl (C=O) groups is 1. The summed E-state index contributed by atoms with van der Waals surface area (Å²) in [6, 6.07) is 18.5. The first kappa shape index (κ1) is 20.7. The van der Waals surface area contributed by atoms with Gasteiger partial charge in [0.2, 0.25) is 5.91 Å². The average molecular weight is 422 g/mol. The Morgan fingerprint density at radius 3 is 2.87 bits per heavy atom. The lowest BCUT2D eigenvalue weighted by Crippen LogP contribution is -2.40. The SMILES string of the molecule is CC1CN(Cc2cccc(CNC(=O)Cc3csc(-c4ccccc4)n3)c2)CCO1. The molecular formula is C24H27N3O2S. The van der Waals surface area contributed by atoms with Gasteiger partial charge in [-0.3, -0.25) is 9.69 Å². The Kier molecular flexibility index (Phi) is 6.89. The highest BCUT2D eigenvalue weighted by molar-refractivity contribution is 7.13. The number of nitrogens with one attached hydrogen (secondary N) is 1. The number of nitrogens with zero attached hydrogens (tertiary/aromatic N) is 2. The van der Waals surface area contributed by atoms with Crippen LogP contribution < -0.4 is 5.32 Å². The molecule has 1 amide bonds. The van der Waals surface area contributed by atoms with Crippen LogP contribution in [0.25, 0.3) is 10.6 Å². The van der Waals surface area contributed by atoms with E-state index in [0.29, 0.717) is 13.0 Å². The highest BCUT2D eigenvalue weighted by Crippen LogP contribution is 2.23. The summed E-state index contributed by atoms with van der Waals surface area (Å²) < 4.78 is 5.62. The molecule has 0 bridgehead atoms. The Morgan fingerprint density at radius 1 is 1.20 bits per heavy atom. The molecule has 0 aliphatic carbocycles. The first-order chi connectivity index (χ1) is 14.7. The van der Waals surface area contributed by atoms with E-state index in [1.807, 2.05) is 35.7 Å². The predicted octanol–water partition coefficient (Wildman–Crippen LogP) is 3.89. The molecule has 1 aliphatic rings. The Morgan fingerprint density at radius 2 is 2.03 bits per heavy atom. The molecule has 1 fully saturated rings. The second-order valence-corrected chi connectivity index (χ2v) is 8.56. The van der Waals surface area contributed by atoms with Crippen molar-refractivity contribution < 1.29 is 9.53 Å². The van der Waals surface area contributed by atoms with Crippen molar-refractivity contribution in [2.45, 2.75) is 32.5 Å². The fourth-order valence-electron chi connectivity index (χ4n) is 3.66. The number of carbonyl (C=O) groups excluding carboxylic acids is 1. The molecule has 1 saturated heterocycles. The van der Waals surface area contributed by atoms with Crippen molar-refractivity contribution in [2.24, 2.45) is 0 Å². The fourth-order valence-corrected chi connectivity index (χ4v) is 4.49. The number of benzene rings is 2. The number of amides is 1. The highest BCUT2D eigenvalue weighted by Gasteiger charge is 2.16. The van der Waals surface area contributed by atoms with Gasteiger partial charge in [0.25, 0.3) is 0 Å². The third kappa shape index (κ3) is 5.75. The van der Waals surface area contributed by atoms with Crippen LogP contribution in [0.4, 0.5) is 0 Å². The Hall–Kier alpha value is -2.54. The van der Waals surface area contributed by atoms with Gasteiger partial charge in [0.15, 0.2) is 0 Å². The van der Waals surface area contributed by atoms with Crippen LogP contribution >= 0.6 is 11.3 Å². The van der Waals surface area contributed by atoms with Gasteiger partial charge < -0.3 is 10.1 Å². The van der Waals surface area contributed by atoms with Crippen LogP contribution in [-0.4, -0.2) is 41.6 Å². The minimum atomic E-state index is -0.00711. The third-order valence-corrected chi connectivity index (χ3v) is 6.07. The van der Waals surface area contributed by atoms with Gasteiger partial charge >= 0.3 is 0 Å². The van der Waals surface area contributed by atoms with Gasteiger partial charge in [-0.05, 0) is 18.1 Å². The van der Waals surface area contributed by atoms with Crippen molar-refractivity contribution in [1.29, 1.82) is 0 Å². The molecule has 1 atom stereocenters. The van der Waals surface area contributed by atoms with Crippen LogP contribution in [-0.2, 0) is 29.0 Å². The van der Waals surface area contributed by atoms with Crippen LogP contribution in [0.3, 0.4) is 0 Å². The molecule has 0 saturated carbocycles. The summed E-state index contributed by atoms with van der Waals surface area (Å²) in [5.41, 5.74) is 4.28. The van der Waals surface area contributed by atoms with E-state index in [4.69, 9.17) is 4.74 Å². The Labute approximate surface area is 181 Å². The molecule has 2 heterocycles. The molecule has 1 unspecified atom stereocenters. The quantitative estimate of drug-likeness (QED) is 0.629. The molecule has 1 aromatic heterocycles. The number of hydrogen-bond donors (Lipinski definition) is 1. The predicted molar refractivity (Wildman–Crippen MR) is 120 cm³/mol. The molecule has 3 aromatic rings. The zero-order chi connectivity index (χ0) is 20.8. The summed E-state index contributed by atoms with van der Waals surface area (Å²) in [5, 5.41) is 5.94. The third-order valence-electron chi connectivity index (χ3n) is 5.13. The van der Waals surface area contributed by atoms with Crippen LogP contribution in [0, 0.1) is 0 Å². The smallest absolute Gasteiger partial charge is 0.226 e. The molecule has 1 N–H and O–H groups in total. The second-order valence-electron chi connectivity index (χ2n) is 7.70. The van der Waals surface area contributed by atoms with E-state index >= 15 is 0 Å². The summed E-state index contributed by atoms with van der Waals surface area (Å²) in [4.78, 5) is 19.4. The highest BCUT2D eigenvalue weighted by atomic mass is 32.1. The van der Waals surface area contributed by atoms with Gasteiger partial charge in [0.05, 0.1) is 24.8 Å². The second kappa shape index (κ2) is 9.98. The number of morpholine rings is 1. The molecule has 1 aliphatic heterocycles. The minimum Gasteiger partial charge on any atom is -0.376 e. The van der Waals surface area contributed by atoms with E-state index in [1.165, 1.54) is 5.56 Å². The molecule has 0 spiro atoms. The van der Waals surface area contributed by atoms with E-state index in [0.717, 1.165) is 48.1 Å². The van der Waals surface area contributed by atoms with Crippen molar-refractivity contribution in [3.05, 3.63) is 76.8 Å². The van der Waals surface area contributed by atoms with E-state index in [2.05, 4.69) is 46.4 Å². The Bertz CT molecular complexity index is 973. The van der Waals surface area contributed by atoms with Crippen LogP contribution in [0.5, 0.6) is 0 Å². The summed E-state index contributed by atoms with van der Waals surface area (Å²) >= 11 is 1.57. The van der Waals surface area contributed by atoms with Crippen LogP contribution in [0.15, 0.2) is 60.0 Å². The summed E-state index contributed by atoms with van der Waals surface area (Å²) in [5.74, 6) is -0.00711. The molecule has 30 heavy (non-hydrogen) atoms. The summed E-state index contributed by atoms with van der Waals surface area (Å²) in [6.45, 7) is 6.27. The molecule has 2 aromatic carbocycles. The summed E-state index contributed by atoms with van der Waals surface area (Å²) in [7, 11) is 0. The zero-order valence-electron chi connectivity index (χ0n) is 17.2. The van der Waals surface area contributed by atoms with Crippen molar-refractivity contribution in [3.8, 4) is 10.6 Å². The van der Waals surface area contributed by atoms with Crippen molar-refractivity contribution in [1.82, 2.24) is 15.2 Å². The number of thiazole rings is 1. The van der Waals surface area contributed by atoms with Crippen molar-refractivity contribution in [2.75, 3.05) is 19.7 Å². The fraction of sp³-hybridized carbons (Fsp3) is 0.333.